The lowest BCUT2D eigenvalue weighted by Gasteiger charge is -2.32. The van der Waals surface area contributed by atoms with Crippen LogP contribution in [0.5, 0.6) is 0 Å². The van der Waals surface area contributed by atoms with Crippen molar-refractivity contribution >= 4 is 5.91 Å². The van der Waals surface area contributed by atoms with E-state index in [9.17, 15) is 13.6 Å². The molecule has 1 aromatic carbocycles. The van der Waals surface area contributed by atoms with Gasteiger partial charge in [-0.1, -0.05) is 30.3 Å². The van der Waals surface area contributed by atoms with Crippen LogP contribution in [-0.4, -0.2) is 31.6 Å². The molecule has 1 unspecified atom stereocenters. The molecule has 4 nitrogen and oxygen atoms in total. The van der Waals surface area contributed by atoms with Gasteiger partial charge in [-0.15, -0.1) is 0 Å². The molecule has 1 saturated carbocycles. The normalized spacial score (nSPS) is 17.7. The molecule has 3 N–H and O–H groups in total. The fourth-order valence-corrected chi connectivity index (χ4v) is 2.33. The van der Waals surface area contributed by atoms with E-state index < -0.39 is 24.5 Å². The number of carbonyl (C=O) groups is 1. The minimum absolute atomic E-state index is 0.0435. The summed E-state index contributed by atoms with van der Waals surface area (Å²) >= 11 is 0. The van der Waals surface area contributed by atoms with Gasteiger partial charge in [0, 0.05) is 19.1 Å². The molecule has 6 heteroatoms. The Hall–Kier alpha value is -1.53. The third-order valence-corrected chi connectivity index (χ3v) is 3.58. The van der Waals surface area contributed by atoms with Crippen LogP contribution in [-0.2, 0) is 15.1 Å². The highest BCUT2D eigenvalue weighted by Crippen LogP contribution is 2.31. The van der Waals surface area contributed by atoms with E-state index in [0.717, 1.165) is 18.4 Å². The summed E-state index contributed by atoms with van der Waals surface area (Å²) in [6, 6.07) is 9.36. The summed E-state index contributed by atoms with van der Waals surface area (Å²) in [5.41, 5.74) is 5.29. The molecule has 0 aliphatic heterocycles. The Morgan fingerprint density at radius 1 is 1.38 bits per heavy atom. The number of halogens is 2. The zero-order chi connectivity index (χ0) is 15.3. The van der Waals surface area contributed by atoms with Gasteiger partial charge in [0.2, 0.25) is 5.91 Å². The monoisotopic (exact) mass is 298 g/mol. The number of alkyl halides is 2. The van der Waals surface area contributed by atoms with E-state index in [2.05, 4.69) is 5.32 Å². The number of primary amides is 1. The maximum Gasteiger partial charge on any atom is 0.261 e. The number of hydrogen-bond donors (Lipinski definition) is 2. The van der Waals surface area contributed by atoms with E-state index in [1.165, 1.54) is 0 Å². The number of amides is 1. The number of rotatable bonds is 9. The summed E-state index contributed by atoms with van der Waals surface area (Å²) in [7, 11) is 0. The van der Waals surface area contributed by atoms with Gasteiger partial charge in [0.05, 0.1) is 0 Å². The smallest absolute Gasteiger partial charge is 0.261 e. The molecule has 1 atom stereocenters. The van der Waals surface area contributed by atoms with Gasteiger partial charge >= 0.3 is 0 Å². The summed E-state index contributed by atoms with van der Waals surface area (Å²) in [6.45, 7) is -0.588. The highest BCUT2D eigenvalue weighted by molar-refractivity contribution is 5.86. The zero-order valence-corrected chi connectivity index (χ0v) is 11.7. The van der Waals surface area contributed by atoms with Crippen LogP contribution in [0.15, 0.2) is 30.3 Å². The van der Waals surface area contributed by atoms with Crippen molar-refractivity contribution in [1.29, 1.82) is 0 Å². The van der Waals surface area contributed by atoms with E-state index in [1.807, 2.05) is 30.3 Å². The molecule has 1 aliphatic carbocycles. The van der Waals surface area contributed by atoms with Gasteiger partial charge in [-0.05, 0) is 18.4 Å². The van der Waals surface area contributed by atoms with Gasteiger partial charge in [-0.25, -0.2) is 8.78 Å². The van der Waals surface area contributed by atoms with Crippen LogP contribution >= 0.6 is 0 Å². The van der Waals surface area contributed by atoms with Gasteiger partial charge < -0.3 is 10.5 Å². The second-order valence-corrected chi connectivity index (χ2v) is 5.27. The van der Waals surface area contributed by atoms with Crippen LogP contribution in [0, 0.1) is 0 Å². The number of ether oxygens (including phenoxy) is 1. The topological polar surface area (TPSA) is 64.4 Å². The Morgan fingerprint density at radius 3 is 2.57 bits per heavy atom. The molecule has 0 heterocycles. The molecule has 0 saturated heterocycles. The first kappa shape index (κ1) is 15.9. The SMILES string of the molecule is NC(=O)C(CCOCC(F)F)(NC1CC1)c1ccccc1. The minimum atomic E-state index is -2.51. The zero-order valence-electron chi connectivity index (χ0n) is 11.7. The third-order valence-electron chi connectivity index (χ3n) is 3.58. The predicted octanol–water partition coefficient (Wildman–Crippen LogP) is 1.79. The van der Waals surface area contributed by atoms with Crippen molar-refractivity contribution in [2.75, 3.05) is 13.2 Å². The second kappa shape index (κ2) is 6.95. The maximum atomic E-state index is 12.1. The average Bonchev–Trinajstić information content (AvgIpc) is 3.26. The molecule has 1 fully saturated rings. The molecular formula is C15H20F2N2O2. The van der Waals surface area contributed by atoms with Crippen molar-refractivity contribution in [2.45, 2.75) is 37.3 Å². The Bertz CT molecular complexity index is 466. The average molecular weight is 298 g/mol. The molecule has 21 heavy (non-hydrogen) atoms. The van der Waals surface area contributed by atoms with Gasteiger partial charge in [-0.2, -0.15) is 0 Å². The van der Waals surface area contributed by atoms with Crippen LogP contribution < -0.4 is 11.1 Å². The van der Waals surface area contributed by atoms with Crippen LogP contribution in [0.2, 0.25) is 0 Å². The Balaban J connectivity index is 2.13. The highest BCUT2D eigenvalue weighted by atomic mass is 19.3. The van der Waals surface area contributed by atoms with Crippen LogP contribution in [0.1, 0.15) is 24.8 Å². The first-order valence-corrected chi connectivity index (χ1v) is 7.03. The number of nitrogens with two attached hydrogens (primary N) is 1. The van der Waals surface area contributed by atoms with Crippen LogP contribution in [0.4, 0.5) is 8.78 Å². The largest absolute Gasteiger partial charge is 0.375 e. The molecule has 116 valence electrons. The molecule has 0 radical (unpaired) electrons. The summed E-state index contributed by atoms with van der Waals surface area (Å²) in [4.78, 5) is 12.1. The predicted molar refractivity (Wildman–Crippen MR) is 74.9 cm³/mol. The maximum absolute atomic E-state index is 12.1. The highest BCUT2D eigenvalue weighted by Gasteiger charge is 2.42. The van der Waals surface area contributed by atoms with E-state index in [1.54, 1.807) is 0 Å². The molecule has 1 aromatic rings. The van der Waals surface area contributed by atoms with Gasteiger partial charge in [0.15, 0.2) is 0 Å². The van der Waals surface area contributed by atoms with Crippen molar-refractivity contribution in [3.05, 3.63) is 35.9 Å². The second-order valence-electron chi connectivity index (χ2n) is 5.27. The van der Waals surface area contributed by atoms with Crippen LogP contribution in [0.25, 0.3) is 0 Å². The Kier molecular flexibility index (Phi) is 5.25. The Morgan fingerprint density at radius 2 is 2.05 bits per heavy atom. The van der Waals surface area contributed by atoms with Gasteiger partial charge in [0.25, 0.3) is 6.43 Å². The molecule has 0 bridgehead atoms. The van der Waals surface area contributed by atoms with E-state index in [-0.39, 0.29) is 19.1 Å². The minimum Gasteiger partial charge on any atom is -0.375 e. The van der Waals surface area contributed by atoms with Gasteiger partial charge in [-0.3, -0.25) is 10.1 Å². The molecule has 1 amide bonds. The molecule has 2 rings (SSSR count). The Labute approximate surface area is 122 Å². The fourth-order valence-electron chi connectivity index (χ4n) is 2.33. The molecule has 0 aromatic heterocycles. The van der Waals surface area contributed by atoms with E-state index in [4.69, 9.17) is 10.5 Å². The summed E-state index contributed by atoms with van der Waals surface area (Å²) in [5.74, 6) is -0.513. The third kappa shape index (κ3) is 4.22. The van der Waals surface area contributed by atoms with Crippen molar-refractivity contribution < 1.29 is 18.3 Å². The quantitative estimate of drug-likeness (QED) is 0.683. The lowest BCUT2D eigenvalue weighted by Crippen LogP contribution is -2.54. The lowest BCUT2D eigenvalue weighted by atomic mass is 9.85. The summed E-state index contributed by atoms with van der Waals surface area (Å²) in [6.07, 6.45) is -0.309. The van der Waals surface area contributed by atoms with Gasteiger partial charge in [0.1, 0.15) is 12.1 Å². The van der Waals surface area contributed by atoms with Crippen LogP contribution in [0.3, 0.4) is 0 Å². The van der Waals surface area contributed by atoms with E-state index >= 15 is 0 Å². The first-order valence-electron chi connectivity index (χ1n) is 7.03. The van der Waals surface area contributed by atoms with E-state index in [0.29, 0.717) is 0 Å². The fraction of sp³-hybridized carbons (Fsp3) is 0.533. The van der Waals surface area contributed by atoms with Crippen molar-refractivity contribution in [1.82, 2.24) is 5.32 Å². The first-order chi connectivity index (χ1) is 10.0. The number of benzene rings is 1. The van der Waals surface area contributed by atoms with Crippen molar-refractivity contribution in [3.63, 3.8) is 0 Å². The number of carbonyl (C=O) groups excluding carboxylic acids is 1. The van der Waals surface area contributed by atoms with Crippen molar-refractivity contribution in [2.24, 2.45) is 5.73 Å². The summed E-state index contributed by atoms with van der Waals surface area (Å²) in [5, 5.41) is 3.27. The molecular weight excluding hydrogens is 278 g/mol. The van der Waals surface area contributed by atoms with Crippen molar-refractivity contribution in [3.8, 4) is 0 Å². The summed E-state index contributed by atoms with van der Waals surface area (Å²) < 4.78 is 29.2. The number of nitrogens with one attached hydrogen (secondary N) is 1. The number of hydrogen-bond acceptors (Lipinski definition) is 3. The lowest BCUT2D eigenvalue weighted by molar-refractivity contribution is -0.126. The molecule has 0 spiro atoms. The standard InChI is InChI=1S/C15H20F2N2O2/c16-13(17)10-21-9-8-15(14(18)20,19-12-6-7-12)11-4-2-1-3-5-11/h1-5,12-13,19H,6-10H2,(H2,18,20). The molecule has 1 aliphatic rings.